The Hall–Kier alpha value is -3.07. The van der Waals surface area contributed by atoms with Gasteiger partial charge < -0.3 is 0 Å². The van der Waals surface area contributed by atoms with Gasteiger partial charge in [-0.15, -0.1) is 0 Å². The molecule has 2 aromatic carbocycles. The van der Waals surface area contributed by atoms with Gasteiger partial charge in [0, 0.05) is 29.5 Å². The normalized spacial score (nSPS) is 14.0. The fraction of sp³-hybridized carbons (Fsp3) is 0.118. The van der Waals surface area contributed by atoms with Crippen molar-refractivity contribution in [3.05, 3.63) is 59.2 Å². The molecule has 1 heterocycles. The third-order valence-corrected chi connectivity index (χ3v) is 3.59. The Bertz CT molecular complexity index is 869. The maximum atomic E-state index is 14.4. The summed E-state index contributed by atoms with van der Waals surface area (Å²) in [6.45, 7) is 0. The van der Waals surface area contributed by atoms with Crippen molar-refractivity contribution in [2.75, 3.05) is 0 Å². The summed E-state index contributed by atoms with van der Waals surface area (Å²) in [5, 5.41) is 12.8. The van der Waals surface area contributed by atoms with Crippen LogP contribution >= 0.6 is 0 Å². The molecule has 6 heteroatoms. The summed E-state index contributed by atoms with van der Waals surface area (Å²) < 4.78 is 28.3. The highest BCUT2D eigenvalue weighted by Gasteiger charge is 2.16. The molecule has 1 N–H and O–H groups in total. The summed E-state index contributed by atoms with van der Waals surface area (Å²) in [5.74, 6) is -1.39. The topological polar surface area (TPSA) is 65.2 Å². The molecule has 0 fully saturated rings. The van der Waals surface area contributed by atoms with Crippen LogP contribution in [0, 0.1) is 23.0 Å². The summed E-state index contributed by atoms with van der Waals surface area (Å²) in [7, 11) is 0. The molecule has 0 spiro atoms. The minimum atomic E-state index is -0.615. The predicted octanol–water partition coefficient (Wildman–Crippen LogP) is 3.12. The Morgan fingerprint density at radius 3 is 2.52 bits per heavy atom. The van der Waals surface area contributed by atoms with E-state index in [2.05, 4.69) is 10.5 Å². The van der Waals surface area contributed by atoms with Crippen LogP contribution in [0.1, 0.15) is 24.0 Å². The van der Waals surface area contributed by atoms with Crippen LogP contribution in [-0.2, 0) is 4.79 Å². The largest absolute Gasteiger partial charge is 0.273 e. The van der Waals surface area contributed by atoms with Crippen molar-refractivity contribution in [3.8, 4) is 17.2 Å². The number of hydrogen-bond donors (Lipinski definition) is 1. The third kappa shape index (κ3) is 2.94. The Kier molecular flexibility index (Phi) is 3.85. The first-order chi connectivity index (χ1) is 11.1. The molecule has 0 aliphatic carbocycles. The summed E-state index contributed by atoms with van der Waals surface area (Å²) in [6, 6.07) is 10.0. The van der Waals surface area contributed by atoms with Crippen LogP contribution in [0.2, 0.25) is 0 Å². The number of amides is 1. The van der Waals surface area contributed by atoms with Gasteiger partial charge in [0.05, 0.1) is 17.3 Å². The van der Waals surface area contributed by atoms with Gasteiger partial charge in [-0.25, -0.2) is 14.2 Å². The Balaban J connectivity index is 2.01. The smallest absolute Gasteiger partial charge is 0.240 e. The number of nitrogens with zero attached hydrogens (tertiary/aromatic N) is 2. The zero-order valence-corrected chi connectivity index (χ0v) is 11.9. The maximum Gasteiger partial charge on any atom is 0.240 e. The summed E-state index contributed by atoms with van der Waals surface area (Å²) in [5.41, 5.74) is 3.81. The lowest BCUT2D eigenvalue weighted by Gasteiger charge is -2.13. The van der Waals surface area contributed by atoms with Crippen molar-refractivity contribution < 1.29 is 13.6 Å². The molecule has 23 heavy (non-hydrogen) atoms. The zero-order chi connectivity index (χ0) is 16.4. The van der Waals surface area contributed by atoms with Gasteiger partial charge in [0.1, 0.15) is 11.6 Å². The van der Waals surface area contributed by atoms with Crippen LogP contribution in [0.5, 0.6) is 0 Å². The second-order valence-electron chi connectivity index (χ2n) is 5.09. The lowest BCUT2D eigenvalue weighted by atomic mass is 9.98. The Morgan fingerprint density at radius 2 is 1.87 bits per heavy atom. The summed E-state index contributed by atoms with van der Waals surface area (Å²) in [4.78, 5) is 11.1. The molecule has 4 nitrogen and oxygen atoms in total. The zero-order valence-electron chi connectivity index (χ0n) is 11.9. The van der Waals surface area contributed by atoms with Gasteiger partial charge in [-0.2, -0.15) is 10.4 Å². The highest BCUT2D eigenvalue weighted by atomic mass is 19.1. The van der Waals surface area contributed by atoms with Crippen molar-refractivity contribution in [2.45, 2.75) is 12.8 Å². The SMILES string of the molecule is N#Cc1ccc(F)c(-c2ccc(C3=NNC(=O)CC3)cc2F)c1. The number of carbonyl (C=O) groups excluding carboxylic acids is 1. The highest BCUT2D eigenvalue weighted by molar-refractivity contribution is 6.04. The molecule has 2 aromatic rings. The van der Waals surface area contributed by atoms with Crippen molar-refractivity contribution in [1.29, 1.82) is 5.26 Å². The van der Waals surface area contributed by atoms with E-state index in [1.54, 1.807) is 6.07 Å². The average Bonchev–Trinajstić information content (AvgIpc) is 2.56. The van der Waals surface area contributed by atoms with Gasteiger partial charge in [-0.05, 0) is 24.3 Å². The number of rotatable bonds is 2. The number of hydrazone groups is 1. The van der Waals surface area contributed by atoms with Crippen LogP contribution in [0.15, 0.2) is 41.5 Å². The molecular formula is C17H11F2N3O. The molecule has 0 aromatic heterocycles. The molecule has 0 saturated heterocycles. The number of hydrogen-bond acceptors (Lipinski definition) is 3. The fourth-order valence-electron chi connectivity index (χ4n) is 2.40. The van der Waals surface area contributed by atoms with E-state index in [4.69, 9.17) is 5.26 Å². The monoisotopic (exact) mass is 311 g/mol. The second-order valence-corrected chi connectivity index (χ2v) is 5.09. The van der Waals surface area contributed by atoms with Gasteiger partial charge >= 0.3 is 0 Å². The molecular weight excluding hydrogens is 300 g/mol. The lowest BCUT2D eigenvalue weighted by Crippen LogP contribution is -2.25. The van der Waals surface area contributed by atoms with E-state index in [-0.39, 0.29) is 22.6 Å². The molecule has 0 unspecified atom stereocenters. The van der Waals surface area contributed by atoms with Crippen LogP contribution in [0.25, 0.3) is 11.1 Å². The predicted molar refractivity (Wildman–Crippen MR) is 80.4 cm³/mol. The van der Waals surface area contributed by atoms with E-state index in [1.165, 1.54) is 24.3 Å². The van der Waals surface area contributed by atoms with E-state index in [0.717, 1.165) is 6.07 Å². The molecule has 3 rings (SSSR count). The van der Waals surface area contributed by atoms with E-state index in [0.29, 0.717) is 24.1 Å². The molecule has 1 amide bonds. The summed E-state index contributed by atoms with van der Waals surface area (Å²) >= 11 is 0. The second kappa shape index (κ2) is 5.97. The first-order valence-electron chi connectivity index (χ1n) is 6.94. The molecule has 0 atom stereocenters. The van der Waals surface area contributed by atoms with Crippen LogP contribution < -0.4 is 5.43 Å². The highest BCUT2D eigenvalue weighted by Crippen LogP contribution is 2.28. The molecule has 0 saturated carbocycles. The number of nitriles is 1. The first kappa shape index (κ1) is 14.9. The number of nitrogens with one attached hydrogen (secondary N) is 1. The van der Waals surface area contributed by atoms with E-state index >= 15 is 0 Å². The van der Waals surface area contributed by atoms with Crippen LogP contribution in [0.3, 0.4) is 0 Å². The van der Waals surface area contributed by atoms with Crippen LogP contribution in [-0.4, -0.2) is 11.6 Å². The van der Waals surface area contributed by atoms with Crippen molar-refractivity contribution in [3.63, 3.8) is 0 Å². The lowest BCUT2D eigenvalue weighted by molar-refractivity contribution is -0.121. The third-order valence-electron chi connectivity index (χ3n) is 3.59. The number of carbonyl (C=O) groups is 1. The average molecular weight is 311 g/mol. The first-order valence-corrected chi connectivity index (χ1v) is 6.94. The number of benzene rings is 2. The molecule has 0 radical (unpaired) electrons. The van der Waals surface area contributed by atoms with Gasteiger partial charge in [0.2, 0.25) is 5.91 Å². The van der Waals surface area contributed by atoms with Gasteiger partial charge in [0.25, 0.3) is 0 Å². The van der Waals surface area contributed by atoms with E-state index in [9.17, 15) is 13.6 Å². The Labute approximate surface area is 131 Å². The van der Waals surface area contributed by atoms with E-state index < -0.39 is 11.6 Å². The van der Waals surface area contributed by atoms with Crippen molar-refractivity contribution in [2.24, 2.45) is 5.10 Å². The summed E-state index contributed by atoms with van der Waals surface area (Å²) in [6.07, 6.45) is 0.712. The van der Waals surface area contributed by atoms with E-state index in [1.807, 2.05) is 6.07 Å². The van der Waals surface area contributed by atoms with Crippen LogP contribution in [0.4, 0.5) is 8.78 Å². The minimum Gasteiger partial charge on any atom is -0.273 e. The molecule has 1 aliphatic heterocycles. The van der Waals surface area contributed by atoms with Gasteiger partial charge in [-0.1, -0.05) is 12.1 Å². The fourth-order valence-corrected chi connectivity index (χ4v) is 2.40. The minimum absolute atomic E-state index is 0.0342. The standard InChI is InChI=1S/C17H11F2N3O/c18-14-4-1-10(9-20)7-13(14)12-3-2-11(8-15(12)19)16-5-6-17(23)22-21-16/h1-4,7-8H,5-6H2,(H,22,23). The van der Waals surface area contributed by atoms with Crippen molar-refractivity contribution in [1.82, 2.24) is 5.43 Å². The van der Waals surface area contributed by atoms with Gasteiger partial charge in [-0.3, -0.25) is 4.79 Å². The van der Waals surface area contributed by atoms with Gasteiger partial charge in [0.15, 0.2) is 0 Å². The molecule has 114 valence electrons. The molecule has 0 bridgehead atoms. The Morgan fingerprint density at radius 1 is 1.04 bits per heavy atom. The quantitative estimate of drug-likeness (QED) is 0.926. The molecule has 1 aliphatic rings. The van der Waals surface area contributed by atoms with Crippen molar-refractivity contribution >= 4 is 11.6 Å². The maximum absolute atomic E-state index is 14.4. The number of halogens is 2.